The highest BCUT2D eigenvalue weighted by molar-refractivity contribution is 5.86. The lowest BCUT2D eigenvalue weighted by atomic mass is 9.50. The Morgan fingerprint density at radius 1 is 0.963 bits per heavy atom. The number of hydrogen-bond acceptors (Lipinski definition) is 4. The number of carbonyl (C=O) groups excluding carboxylic acids is 2. The van der Waals surface area contributed by atoms with E-state index >= 15 is 0 Å². The first-order valence-corrected chi connectivity index (χ1v) is 10.6. The van der Waals surface area contributed by atoms with E-state index in [0.29, 0.717) is 11.8 Å². The maximum atomic E-state index is 12.7. The van der Waals surface area contributed by atoms with Crippen molar-refractivity contribution in [3.8, 4) is 0 Å². The van der Waals surface area contributed by atoms with Gasteiger partial charge in [-0.15, -0.1) is 0 Å². The summed E-state index contributed by atoms with van der Waals surface area (Å²) in [4.78, 5) is 25.3. The molecule has 1 unspecified atom stereocenters. The number of esters is 2. The molecular formula is C23H34O4. The molecule has 0 saturated heterocycles. The third-order valence-corrected chi connectivity index (χ3v) is 8.12. The van der Waals surface area contributed by atoms with Crippen molar-refractivity contribution in [3.05, 3.63) is 11.6 Å². The Balaban J connectivity index is 1.36. The average molecular weight is 375 g/mol. The Hall–Kier alpha value is -1.32. The first kappa shape index (κ1) is 19.0. The molecule has 5 fully saturated rings. The summed E-state index contributed by atoms with van der Waals surface area (Å²) >= 11 is 0. The van der Waals surface area contributed by atoms with Crippen LogP contribution in [0.15, 0.2) is 11.6 Å². The average Bonchev–Trinajstić information content (AvgIpc) is 3.11. The van der Waals surface area contributed by atoms with E-state index in [1.807, 2.05) is 19.9 Å². The van der Waals surface area contributed by atoms with Crippen LogP contribution in [0, 0.1) is 34.5 Å². The largest absolute Gasteiger partial charge is 0.456 e. The predicted molar refractivity (Wildman–Crippen MR) is 103 cm³/mol. The number of allylic oxidation sites excluding steroid dienone is 1. The lowest BCUT2D eigenvalue weighted by Gasteiger charge is -2.59. The van der Waals surface area contributed by atoms with Crippen LogP contribution in [0.5, 0.6) is 0 Å². The summed E-state index contributed by atoms with van der Waals surface area (Å²) in [5.41, 5.74) is 0.0335. The fourth-order valence-electron chi connectivity index (χ4n) is 6.61. The van der Waals surface area contributed by atoms with Crippen LogP contribution in [0.1, 0.15) is 73.1 Å². The lowest BCUT2D eigenvalue weighted by molar-refractivity contribution is -0.207. The van der Waals surface area contributed by atoms with E-state index in [2.05, 4.69) is 20.8 Å². The molecule has 0 heterocycles. The number of carbonyl (C=O) groups is 2. The van der Waals surface area contributed by atoms with Crippen LogP contribution < -0.4 is 0 Å². The standard InChI is InChI=1S/C23H34O4/c1-14(2)11-23(13-21(23,3)4)20(25)26-12-19(24)27-22(5)17-7-15-6-16(9-17)10-18(22)8-15/h11,15-18H,6-10,12-13H2,1-5H3. The Morgan fingerprint density at radius 3 is 1.93 bits per heavy atom. The molecule has 0 amide bonds. The number of rotatable bonds is 5. The van der Waals surface area contributed by atoms with Crippen LogP contribution in [-0.4, -0.2) is 24.1 Å². The summed E-state index contributed by atoms with van der Waals surface area (Å²) in [5.74, 6) is 1.95. The summed E-state index contributed by atoms with van der Waals surface area (Å²) in [5, 5.41) is 0. The molecule has 5 rings (SSSR count). The van der Waals surface area contributed by atoms with Gasteiger partial charge in [0, 0.05) is 0 Å². The highest BCUT2D eigenvalue weighted by atomic mass is 16.6. The van der Waals surface area contributed by atoms with Gasteiger partial charge >= 0.3 is 11.9 Å². The van der Waals surface area contributed by atoms with Gasteiger partial charge in [-0.3, -0.25) is 4.79 Å². The topological polar surface area (TPSA) is 52.6 Å². The van der Waals surface area contributed by atoms with Crippen LogP contribution in [0.4, 0.5) is 0 Å². The Kier molecular flexibility index (Phi) is 4.29. The molecule has 0 aromatic heterocycles. The zero-order valence-corrected chi connectivity index (χ0v) is 17.5. The molecule has 150 valence electrons. The van der Waals surface area contributed by atoms with Crippen molar-refractivity contribution in [1.82, 2.24) is 0 Å². The molecule has 5 saturated carbocycles. The zero-order valence-electron chi connectivity index (χ0n) is 17.5. The molecule has 4 nitrogen and oxygen atoms in total. The van der Waals surface area contributed by atoms with Crippen molar-refractivity contribution in [2.45, 2.75) is 78.7 Å². The van der Waals surface area contributed by atoms with E-state index < -0.39 is 5.41 Å². The van der Waals surface area contributed by atoms with Gasteiger partial charge in [-0.25, -0.2) is 4.79 Å². The quantitative estimate of drug-likeness (QED) is 0.518. The van der Waals surface area contributed by atoms with Gasteiger partial charge in [-0.2, -0.15) is 0 Å². The summed E-state index contributed by atoms with van der Waals surface area (Å²) < 4.78 is 11.4. The molecular weight excluding hydrogens is 340 g/mol. The first-order chi connectivity index (χ1) is 12.6. The van der Waals surface area contributed by atoms with E-state index in [1.165, 1.54) is 32.1 Å². The van der Waals surface area contributed by atoms with Crippen LogP contribution in [-0.2, 0) is 19.1 Å². The summed E-state index contributed by atoms with van der Waals surface area (Å²) in [6.07, 6.45) is 8.89. The smallest absolute Gasteiger partial charge is 0.344 e. The van der Waals surface area contributed by atoms with Gasteiger partial charge in [0.1, 0.15) is 5.60 Å². The van der Waals surface area contributed by atoms with Gasteiger partial charge in [0.15, 0.2) is 6.61 Å². The maximum absolute atomic E-state index is 12.7. The van der Waals surface area contributed by atoms with Crippen molar-refractivity contribution in [2.75, 3.05) is 6.61 Å². The normalized spacial score (nSPS) is 43.1. The lowest BCUT2D eigenvalue weighted by Crippen LogP contribution is -2.58. The second-order valence-corrected chi connectivity index (χ2v) is 10.8. The molecule has 0 radical (unpaired) electrons. The minimum atomic E-state index is -0.585. The third-order valence-electron chi connectivity index (χ3n) is 8.12. The molecule has 0 aliphatic heterocycles. The van der Waals surface area contributed by atoms with Crippen LogP contribution in [0.25, 0.3) is 0 Å². The summed E-state index contributed by atoms with van der Waals surface area (Å²) in [6, 6.07) is 0. The monoisotopic (exact) mass is 374 g/mol. The molecule has 27 heavy (non-hydrogen) atoms. The molecule has 0 aromatic carbocycles. The van der Waals surface area contributed by atoms with Crippen molar-refractivity contribution >= 4 is 11.9 Å². The van der Waals surface area contributed by atoms with E-state index in [9.17, 15) is 9.59 Å². The highest BCUT2D eigenvalue weighted by Crippen LogP contribution is 2.65. The molecule has 4 bridgehead atoms. The van der Waals surface area contributed by atoms with Gasteiger partial charge < -0.3 is 9.47 Å². The molecule has 5 aliphatic rings. The van der Waals surface area contributed by atoms with E-state index in [1.54, 1.807) is 0 Å². The third kappa shape index (κ3) is 3.03. The summed E-state index contributed by atoms with van der Waals surface area (Å²) in [7, 11) is 0. The van der Waals surface area contributed by atoms with Crippen LogP contribution in [0.3, 0.4) is 0 Å². The second kappa shape index (κ2) is 6.09. The van der Waals surface area contributed by atoms with Crippen molar-refractivity contribution in [2.24, 2.45) is 34.5 Å². The van der Waals surface area contributed by atoms with Gasteiger partial charge in [0.2, 0.25) is 0 Å². The maximum Gasteiger partial charge on any atom is 0.344 e. The van der Waals surface area contributed by atoms with Crippen LogP contribution in [0.2, 0.25) is 0 Å². The van der Waals surface area contributed by atoms with Gasteiger partial charge in [-0.1, -0.05) is 25.5 Å². The van der Waals surface area contributed by atoms with Crippen molar-refractivity contribution in [1.29, 1.82) is 0 Å². The van der Waals surface area contributed by atoms with Gasteiger partial charge in [-0.05, 0) is 88.4 Å². The number of hydrogen-bond donors (Lipinski definition) is 0. The Morgan fingerprint density at radius 2 is 1.48 bits per heavy atom. The summed E-state index contributed by atoms with van der Waals surface area (Å²) in [6.45, 7) is 9.97. The van der Waals surface area contributed by atoms with Crippen molar-refractivity contribution in [3.63, 3.8) is 0 Å². The van der Waals surface area contributed by atoms with E-state index in [0.717, 1.165) is 23.8 Å². The predicted octanol–water partition coefficient (Wildman–Crippen LogP) is 4.67. The fraction of sp³-hybridized carbons (Fsp3) is 0.826. The van der Waals surface area contributed by atoms with Gasteiger partial charge in [0.05, 0.1) is 5.41 Å². The SMILES string of the molecule is CC(C)=CC1(C(=O)OCC(=O)OC2(C)C3CC4CC(C3)CC2C4)CC1(C)C. The molecule has 0 spiro atoms. The minimum Gasteiger partial charge on any atom is -0.456 e. The second-order valence-electron chi connectivity index (χ2n) is 10.8. The Bertz CT molecular complexity index is 656. The first-order valence-electron chi connectivity index (χ1n) is 10.6. The van der Waals surface area contributed by atoms with Gasteiger partial charge in [0.25, 0.3) is 0 Å². The van der Waals surface area contributed by atoms with Crippen LogP contribution >= 0.6 is 0 Å². The molecule has 0 N–H and O–H groups in total. The molecule has 0 aromatic rings. The number of ether oxygens (including phenoxy) is 2. The zero-order chi connectivity index (χ0) is 19.6. The highest BCUT2D eigenvalue weighted by Gasteiger charge is 2.66. The Labute approximate surface area is 163 Å². The fourth-order valence-corrected chi connectivity index (χ4v) is 6.61. The molecule has 4 heteroatoms. The molecule has 1 atom stereocenters. The molecule has 5 aliphatic carbocycles. The van der Waals surface area contributed by atoms with Crippen molar-refractivity contribution < 1.29 is 19.1 Å². The van der Waals surface area contributed by atoms with E-state index in [-0.39, 0.29) is 29.6 Å². The van der Waals surface area contributed by atoms with E-state index in [4.69, 9.17) is 9.47 Å². The minimum absolute atomic E-state index is 0.112.